The summed E-state index contributed by atoms with van der Waals surface area (Å²) in [5, 5.41) is 4.49. The van der Waals surface area contributed by atoms with Crippen molar-refractivity contribution in [3.8, 4) is 11.4 Å². The Morgan fingerprint density at radius 2 is 1.79 bits per heavy atom. The lowest BCUT2D eigenvalue weighted by Crippen LogP contribution is -1.94. The van der Waals surface area contributed by atoms with E-state index >= 15 is 0 Å². The fourth-order valence-corrected chi connectivity index (χ4v) is 2.37. The minimum absolute atomic E-state index is 0.0514. The van der Waals surface area contributed by atoms with Gasteiger partial charge in [-0.1, -0.05) is 18.2 Å². The number of carbonyl (C=O) groups is 1. The summed E-state index contributed by atoms with van der Waals surface area (Å²) >= 11 is 0. The summed E-state index contributed by atoms with van der Waals surface area (Å²) in [5.74, 6) is 0.681. The van der Waals surface area contributed by atoms with Gasteiger partial charge in [0, 0.05) is 17.3 Å². The van der Waals surface area contributed by atoms with E-state index in [0.29, 0.717) is 5.56 Å². The molecular formula is C20H18N2O2. The molecule has 0 atom stereocenters. The van der Waals surface area contributed by atoms with Gasteiger partial charge in [-0.3, -0.25) is 4.79 Å². The molecule has 4 heteroatoms. The predicted molar refractivity (Wildman–Crippen MR) is 94.7 cm³/mol. The van der Waals surface area contributed by atoms with E-state index in [-0.39, 0.29) is 5.78 Å². The number of nitrogens with zero attached hydrogens (tertiary/aromatic N) is 2. The van der Waals surface area contributed by atoms with E-state index in [0.717, 1.165) is 22.7 Å². The zero-order valence-electron chi connectivity index (χ0n) is 13.6. The summed E-state index contributed by atoms with van der Waals surface area (Å²) in [4.78, 5) is 12.3. The highest BCUT2D eigenvalue weighted by Gasteiger charge is 2.06. The summed E-state index contributed by atoms with van der Waals surface area (Å²) in [6, 6.07) is 16.9. The zero-order valence-corrected chi connectivity index (χ0v) is 13.6. The molecule has 1 heterocycles. The van der Waals surface area contributed by atoms with Crippen LogP contribution in [0.5, 0.6) is 5.75 Å². The van der Waals surface area contributed by atoms with Gasteiger partial charge >= 0.3 is 0 Å². The van der Waals surface area contributed by atoms with E-state index in [1.165, 1.54) is 0 Å². The van der Waals surface area contributed by atoms with Crippen LogP contribution < -0.4 is 4.74 Å². The highest BCUT2D eigenvalue weighted by molar-refractivity contribution is 6.06. The number of para-hydroxylation sites is 1. The molecule has 0 amide bonds. The normalized spacial score (nSPS) is 10.9. The smallest absolute Gasteiger partial charge is 0.185 e. The maximum absolute atomic E-state index is 12.3. The number of hydrogen-bond donors (Lipinski definition) is 0. The average Bonchev–Trinajstić information content (AvgIpc) is 3.01. The molecule has 0 spiro atoms. The Hall–Kier alpha value is -3.14. The Kier molecular flexibility index (Phi) is 4.57. The maximum atomic E-state index is 12.3. The molecule has 2 aromatic carbocycles. The van der Waals surface area contributed by atoms with Crippen LogP contribution in [-0.4, -0.2) is 22.7 Å². The van der Waals surface area contributed by atoms with Crippen LogP contribution in [0.4, 0.5) is 0 Å². The summed E-state index contributed by atoms with van der Waals surface area (Å²) in [7, 11) is 1.60. The number of hydrogen-bond acceptors (Lipinski definition) is 3. The molecule has 1 aromatic heterocycles. The number of allylic oxidation sites excluding steroid dienone is 1. The Bertz CT molecular complexity index is 862. The first kappa shape index (κ1) is 15.7. The quantitative estimate of drug-likeness (QED) is 0.526. The van der Waals surface area contributed by atoms with E-state index in [2.05, 4.69) is 5.10 Å². The highest BCUT2D eigenvalue weighted by atomic mass is 16.5. The predicted octanol–water partition coefficient (Wildman–Crippen LogP) is 4.09. The van der Waals surface area contributed by atoms with Gasteiger partial charge < -0.3 is 4.74 Å². The third kappa shape index (κ3) is 3.43. The van der Waals surface area contributed by atoms with E-state index in [1.807, 2.05) is 48.1 Å². The number of aromatic nitrogens is 2. The maximum Gasteiger partial charge on any atom is 0.185 e. The standard InChI is InChI=1S/C20H18N2O2/c1-15-17(14-22(21-15)18-6-4-3-5-7-18)10-13-20(23)16-8-11-19(24-2)12-9-16/h3-14H,1-2H3/b13-10+. The van der Waals surface area contributed by atoms with Crippen LogP contribution in [-0.2, 0) is 0 Å². The number of ketones is 1. The molecule has 0 radical (unpaired) electrons. The first-order valence-corrected chi connectivity index (χ1v) is 7.65. The molecule has 120 valence electrons. The topological polar surface area (TPSA) is 44.1 Å². The van der Waals surface area contributed by atoms with Crippen molar-refractivity contribution in [1.82, 2.24) is 9.78 Å². The minimum atomic E-state index is -0.0514. The summed E-state index contributed by atoms with van der Waals surface area (Å²) in [5.41, 5.74) is 3.40. The first-order valence-electron chi connectivity index (χ1n) is 7.65. The van der Waals surface area contributed by atoms with Crippen LogP contribution in [0.1, 0.15) is 21.6 Å². The molecule has 0 N–H and O–H groups in total. The Balaban J connectivity index is 1.79. The zero-order chi connectivity index (χ0) is 16.9. The van der Waals surface area contributed by atoms with Crippen molar-refractivity contribution in [2.75, 3.05) is 7.11 Å². The number of ether oxygens (including phenoxy) is 1. The van der Waals surface area contributed by atoms with Gasteiger partial charge in [-0.25, -0.2) is 4.68 Å². The van der Waals surface area contributed by atoms with Crippen molar-refractivity contribution in [2.45, 2.75) is 6.92 Å². The number of carbonyl (C=O) groups excluding carboxylic acids is 1. The van der Waals surface area contributed by atoms with Gasteiger partial charge in [0.25, 0.3) is 0 Å². The number of benzene rings is 2. The minimum Gasteiger partial charge on any atom is -0.497 e. The molecule has 0 saturated carbocycles. The summed E-state index contributed by atoms with van der Waals surface area (Å²) in [6.07, 6.45) is 5.29. The molecular weight excluding hydrogens is 300 g/mol. The molecule has 0 saturated heterocycles. The van der Waals surface area contributed by atoms with Gasteiger partial charge in [-0.05, 0) is 55.5 Å². The van der Waals surface area contributed by atoms with Crippen molar-refractivity contribution in [3.63, 3.8) is 0 Å². The van der Waals surface area contributed by atoms with Crippen molar-refractivity contribution in [2.24, 2.45) is 0 Å². The number of aryl methyl sites for hydroxylation is 1. The Morgan fingerprint density at radius 1 is 1.08 bits per heavy atom. The molecule has 0 unspecified atom stereocenters. The van der Waals surface area contributed by atoms with Gasteiger partial charge in [0.2, 0.25) is 0 Å². The van der Waals surface area contributed by atoms with Crippen LogP contribution in [0, 0.1) is 6.92 Å². The van der Waals surface area contributed by atoms with Crippen molar-refractivity contribution in [1.29, 1.82) is 0 Å². The molecule has 24 heavy (non-hydrogen) atoms. The van der Waals surface area contributed by atoms with E-state index in [4.69, 9.17) is 4.74 Å². The van der Waals surface area contributed by atoms with E-state index < -0.39 is 0 Å². The fourth-order valence-electron chi connectivity index (χ4n) is 2.37. The van der Waals surface area contributed by atoms with Crippen LogP contribution >= 0.6 is 0 Å². The van der Waals surface area contributed by atoms with Crippen molar-refractivity contribution >= 4 is 11.9 Å². The molecule has 0 bridgehead atoms. The van der Waals surface area contributed by atoms with Crippen LogP contribution in [0.25, 0.3) is 11.8 Å². The Morgan fingerprint density at radius 3 is 2.46 bits per heavy atom. The third-order valence-corrected chi connectivity index (χ3v) is 3.75. The lowest BCUT2D eigenvalue weighted by Gasteiger charge is -2.00. The second kappa shape index (κ2) is 6.96. The van der Waals surface area contributed by atoms with Crippen LogP contribution in [0.2, 0.25) is 0 Å². The molecule has 0 aliphatic heterocycles. The molecule has 0 fully saturated rings. The second-order valence-corrected chi connectivity index (χ2v) is 5.38. The molecule has 0 aliphatic carbocycles. The van der Waals surface area contributed by atoms with E-state index in [9.17, 15) is 4.79 Å². The largest absolute Gasteiger partial charge is 0.497 e. The van der Waals surface area contributed by atoms with Crippen LogP contribution in [0.15, 0.2) is 66.9 Å². The van der Waals surface area contributed by atoms with Gasteiger partial charge in [0.15, 0.2) is 5.78 Å². The lowest BCUT2D eigenvalue weighted by atomic mass is 10.1. The number of methoxy groups -OCH3 is 1. The van der Waals surface area contributed by atoms with Crippen LogP contribution in [0.3, 0.4) is 0 Å². The Labute approximate surface area is 141 Å². The van der Waals surface area contributed by atoms with Gasteiger partial charge in [-0.2, -0.15) is 5.10 Å². The fraction of sp³-hybridized carbons (Fsp3) is 0.100. The van der Waals surface area contributed by atoms with Crippen molar-refractivity contribution in [3.05, 3.63) is 83.7 Å². The second-order valence-electron chi connectivity index (χ2n) is 5.38. The van der Waals surface area contributed by atoms with Gasteiger partial charge in [0.05, 0.1) is 18.5 Å². The average molecular weight is 318 g/mol. The first-order chi connectivity index (χ1) is 11.7. The highest BCUT2D eigenvalue weighted by Crippen LogP contribution is 2.15. The van der Waals surface area contributed by atoms with Gasteiger partial charge in [0.1, 0.15) is 5.75 Å². The van der Waals surface area contributed by atoms with E-state index in [1.54, 1.807) is 43.5 Å². The number of rotatable bonds is 5. The molecule has 0 aliphatic rings. The SMILES string of the molecule is COc1ccc(C(=O)/C=C/c2cn(-c3ccccc3)nc2C)cc1. The molecule has 3 rings (SSSR count). The van der Waals surface area contributed by atoms with Gasteiger partial charge in [-0.15, -0.1) is 0 Å². The monoisotopic (exact) mass is 318 g/mol. The third-order valence-electron chi connectivity index (χ3n) is 3.75. The van der Waals surface area contributed by atoms with Crippen molar-refractivity contribution < 1.29 is 9.53 Å². The summed E-state index contributed by atoms with van der Waals surface area (Å²) in [6.45, 7) is 1.93. The lowest BCUT2D eigenvalue weighted by molar-refractivity contribution is 0.104. The molecule has 4 nitrogen and oxygen atoms in total. The summed E-state index contributed by atoms with van der Waals surface area (Å²) < 4.78 is 6.91. The molecule has 3 aromatic rings.